The number of aromatic nitrogens is 1. The van der Waals surface area contributed by atoms with Crippen molar-refractivity contribution in [3.8, 4) is 0 Å². The van der Waals surface area contributed by atoms with Crippen LogP contribution in [-0.4, -0.2) is 36.7 Å². The van der Waals surface area contributed by atoms with E-state index in [-0.39, 0.29) is 12.5 Å². The Balaban J connectivity index is 1.46. The van der Waals surface area contributed by atoms with E-state index in [0.717, 1.165) is 15.8 Å². The molecule has 1 saturated heterocycles. The average Bonchev–Trinajstić information content (AvgIpc) is 3.53. The first-order valence-corrected chi connectivity index (χ1v) is 14.4. The van der Waals surface area contributed by atoms with Crippen molar-refractivity contribution in [1.82, 2.24) is 9.29 Å². The Bertz CT molecular complexity index is 1410. The molecule has 6 nitrogen and oxygen atoms in total. The average molecular weight is 532 g/mol. The minimum absolute atomic E-state index is 0.111. The molecule has 0 saturated carbocycles. The van der Waals surface area contributed by atoms with Crippen LogP contribution in [0.2, 0.25) is 5.02 Å². The molecule has 10 heteroatoms. The first-order chi connectivity index (χ1) is 16.4. The van der Waals surface area contributed by atoms with Crippen molar-refractivity contribution in [3.63, 3.8) is 0 Å². The number of anilines is 1. The predicted octanol–water partition coefficient (Wildman–Crippen LogP) is 5.65. The SMILES string of the molecule is O=C(C1CCCN(S(=O)(=O)c2cccs2)C1)N(Cc1ccccc1)c1nc2ccc(Cl)cc2s1. The Morgan fingerprint density at radius 2 is 1.97 bits per heavy atom. The molecule has 1 unspecified atom stereocenters. The lowest BCUT2D eigenvalue weighted by atomic mass is 9.98. The van der Waals surface area contributed by atoms with E-state index in [1.807, 2.05) is 42.5 Å². The summed E-state index contributed by atoms with van der Waals surface area (Å²) in [5, 5.41) is 2.95. The fraction of sp³-hybridized carbons (Fsp3) is 0.250. The van der Waals surface area contributed by atoms with Crippen LogP contribution < -0.4 is 4.90 Å². The first-order valence-electron chi connectivity index (χ1n) is 10.9. The number of nitrogens with zero attached hydrogens (tertiary/aromatic N) is 3. The van der Waals surface area contributed by atoms with Gasteiger partial charge in [0.2, 0.25) is 5.91 Å². The number of rotatable bonds is 6. The van der Waals surface area contributed by atoms with Crippen LogP contribution in [0.5, 0.6) is 0 Å². The molecule has 3 heterocycles. The fourth-order valence-corrected chi connectivity index (χ4v) is 8.04. The third-order valence-electron chi connectivity index (χ3n) is 5.84. The van der Waals surface area contributed by atoms with E-state index in [4.69, 9.17) is 16.6 Å². The van der Waals surface area contributed by atoms with Gasteiger partial charge in [-0.3, -0.25) is 9.69 Å². The van der Waals surface area contributed by atoms with E-state index in [1.165, 1.54) is 27.0 Å². The summed E-state index contributed by atoms with van der Waals surface area (Å²) in [6.07, 6.45) is 1.27. The minimum Gasteiger partial charge on any atom is -0.283 e. The van der Waals surface area contributed by atoms with Crippen LogP contribution in [-0.2, 0) is 21.4 Å². The summed E-state index contributed by atoms with van der Waals surface area (Å²) in [6.45, 7) is 0.949. The van der Waals surface area contributed by atoms with Crippen molar-refractivity contribution >= 4 is 65.6 Å². The molecule has 1 aliphatic rings. The lowest BCUT2D eigenvalue weighted by Crippen LogP contribution is -2.46. The maximum absolute atomic E-state index is 13.9. The van der Waals surface area contributed by atoms with E-state index >= 15 is 0 Å². The third kappa shape index (κ3) is 4.76. The number of fused-ring (bicyclic) bond motifs is 1. The molecule has 1 fully saturated rings. The summed E-state index contributed by atoms with van der Waals surface area (Å²) < 4.78 is 28.8. The highest BCUT2D eigenvalue weighted by Gasteiger charge is 2.36. The molecule has 0 N–H and O–H groups in total. The van der Waals surface area contributed by atoms with Gasteiger partial charge in [0.15, 0.2) is 5.13 Å². The fourth-order valence-electron chi connectivity index (χ4n) is 4.13. The Kier molecular flexibility index (Phi) is 6.72. The zero-order valence-corrected chi connectivity index (χ0v) is 21.3. The van der Waals surface area contributed by atoms with Crippen LogP contribution in [0.15, 0.2) is 70.3 Å². The molecular formula is C24H22ClN3O3S3. The Morgan fingerprint density at radius 3 is 2.74 bits per heavy atom. The van der Waals surface area contributed by atoms with Crippen molar-refractivity contribution in [1.29, 1.82) is 0 Å². The number of thiazole rings is 1. The smallest absolute Gasteiger partial charge is 0.252 e. The molecule has 1 amide bonds. The van der Waals surface area contributed by atoms with Crippen LogP contribution >= 0.6 is 34.3 Å². The van der Waals surface area contributed by atoms with Crippen molar-refractivity contribution in [2.75, 3.05) is 18.0 Å². The number of halogens is 1. The van der Waals surface area contributed by atoms with E-state index in [0.29, 0.717) is 40.3 Å². The first kappa shape index (κ1) is 23.4. The minimum atomic E-state index is -3.61. The maximum Gasteiger partial charge on any atom is 0.252 e. The van der Waals surface area contributed by atoms with Crippen molar-refractivity contribution in [2.24, 2.45) is 5.92 Å². The molecule has 1 atom stereocenters. The summed E-state index contributed by atoms with van der Waals surface area (Å²) in [5.74, 6) is -0.553. The second kappa shape index (κ2) is 9.75. The number of hydrogen-bond donors (Lipinski definition) is 0. The van der Waals surface area contributed by atoms with Gasteiger partial charge in [0.25, 0.3) is 10.0 Å². The number of thiophene rings is 1. The van der Waals surface area contributed by atoms with Crippen LogP contribution in [0, 0.1) is 5.92 Å². The molecular weight excluding hydrogens is 510 g/mol. The molecule has 176 valence electrons. The molecule has 0 aliphatic carbocycles. The number of sulfonamides is 1. The maximum atomic E-state index is 13.9. The normalized spacial score (nSPS) is 17.1. The van der Waals surface area contributed by atoms with Gasteiger partial charge in [-0.15, -0.1) is 11.3 Å². The zero-order chi connectivity index (χ0) is 23.7. The highest BCUT2D eigenvalue weighted by atomic mass is 35.5. The van der Waals surface area contributed by atoms with Gasteiger partial charge in [-0.25, -0.2) is 13.4 Å². The number of piperidine rings is 1. The summed E-state index contributed by atoms with van der Waals surface area (Å²) in [6, 6.07) is 18.6. The largest absolute Gasteiger partial charge is 0.283 e. The second-order valence-corrected chi connectivity index (χ2v) is 12.7. The van der Waals surface area contributed by atoms with Crippen LogP contribution in [0.25, 0.3) is 10.2 Å². The van der Waals surface area contributed by atoms with Crippen LogP contribution in [0.3, 0.4) is 0 Å². The quantitative estimate of drug-likeness (QED) is 0.322. The molecule has 1 aliphatic heterocycles. The standard InChI is InChI=1S/C24H22ClN3O3S3/c25-19-10-11-20-21(14-19)33-24(26-20)28(15-17-6-2-1-3-7-17)23(29)18-8-4-12-27(16-18)34(30,31)22-9-5-13-32-22/h1-3,5-7,9-11,13-14,18H,4,8,12,15-16H2. The molecule has 2 aromatic carbocycles. The predicted molar refractivity (Wildman–Crippen MR) is 138 cm³/mol. The number of amides is 1. The molecule has 34 heavy (non-hydrogen) atoms. The summed E-state index contributed by atoms with van der Waals surface area (Å²) in [4.78, 5) is 20.3. The summed E-state index contributed by atoms with van der Waals surface area (Å²) in [5.41, 5.74) is 1.76. The summed E-state index contributed by atoms with van der Waals surface area (Å²) >= 11 is 8.77. The van der Waals surface area contributed by atoms with Crippen molar-refractivity contribution < 1.29 is 13.2 Å². The van der Waals surface area contributed by atoms with Gasteiger partial charge in [0.05, 0.1) is 22.7 Å². The van der Waals surface area contributed by atoms with Gasteiger partial charge >= 0.3 is 0 Å². The van der Waals surface area contributed by atoms with Gasteiger partial charge in [-0.05, 0) is 48.1 Å². The number of carbonyl (C=O) groups is 1. The van der Waals surface area contributed by atoms with Gasteiger partial charge in [0, 0.05) is 18.1 Å². The van der Waals surface area contributed by atoms with Crippen molar-refractivity contribution in [3.05, 3.63) is 76.6 Å². The highest BCUT2D eigenvalue weighted by molar-refractivity contribution is 7.91. The lowest BCUT2D eigenvalue weighted by molar-refractivity contribution is -0.123. The topological polar surface area (TPSA) is 70.6 Å². The van der Waals surface area contributed by atoms with E-state index in [2.05, 4.69) is 0 Å². The number of benzene rings is 2. The molecule has 0 bridgehead atoms. The zero-order valence-electron chi connectivity index (χ0n) is 18.1. The van der Waals surface area contributed by atoms with E-state index in [9.17, 15) is 13.2 Å². The number of carbonyl (C=O) groups excluding carboxylic acids is 1. The van der Waals surface area contributed by atoms with Gasteiger partial charge in [0.1, 0.15) is 4.21 Å². The lowest BCUT2D eigenvalue weighted by Gasteiger charge is -2.33. The van der Waals surface area contributed by atoms with Crippen molar-refractivity contribution in [2.45, 2.75) is 23.6 Å². The molecule has 4 aromatic rings. The third-order valence-corrected chi connectivity index (χ3v) is 10.4. The van der Waals surface area contributed by atoms with Gasteiger partial charge in [-0.2, -0.15) is 4.31 Å². The second-order valence-electron chi connectivity index (χ2n) is 8.15. The van der Waals surface area contributed by atoms with Crippen LogP contribution in [0.1, 0.15) is 18.4 Å². The van der Waals surface area contributed by atoms with E-state index in [1.54, 1.807) is 28.5 Å². The monoisotopic (exact) mass is 531 g/mol. The van der Waals surface area contributed by atoms with E-state index < -0.39 is 15.9 Å². The number of hydrogen-bond acceptors (Lipinski definition) is 6. The summed E-state index contributed by atoms with van der Waals surface area (Å²) in [7, 11) is -3.61. The Morgan fingerprint density at radius 1 is 1.15 bits per heavy atom. The highest BCUT2D eigenvalue weighted by Crippen LogP contribution is 2.34. The van der Waals surface area contributed by atoms with Crippen LogP contribution in [0.4, 0.5) is 5.13 Å². The molecule has 2 aromatic heterocycles. The molecule has 0 spiro atoms. The Labute approximate surface area is 211 Å². The molecule has 5 rings (SSSR count). The van der Waals surface area contributed by atoms with Gasteiger partial charge in [-0.1, -0.05) is 59.3 Å². The molecule has 0 radical (unpaired) electrons. The van der Waals surface area contributed by atoms with Gasteiger partial charge < -0.3 is 0 Å². The Hall–Kier alpha value is -2.30.